The van der Waals surface area contributed by atoms with E-state index in [-0.39, 0.29) is 29.2 Å². The Balaban J connectivity index is 1.61. The smallest absolute Gasteiger partial charge is 0.233 e. The Hall–Kier alpha value is -2.36. The van der Waals surface area contributed by atoms with E-state index in [9.17, 15) is 13.2 Å². The number of aromatic nitrogens is 3. The van der Waals surface area contributed by atoms with Crippen LogP contribution in [0.1, 0.15) is 18.9 Å². The number of carbonyl (C=O) groups excluding carboxylic acids is 1. The van der Waals surface area contributed by atoms with Crippen LogP contribution in [0.4, 0.5) is 0 Å². The predicted octanol–water partition coefficient (Wildman–Crippen LogP) is 4.02. The van der Waals surface area contributed by atoms with Gasteiger partial charge in [-0.05, 0) is 62.2 Å². The molecule has 10 heteroatoms. The molecule has 1 aliphatic rings. The molecule has 1 aromatic heterocycles. The Morgan fingerprint density at radius 3 is 2.61 bits per heavy atom. The maximum atomic E-state index is 13.0. The number of aryl methyl sites for hydroxylation is 1. The highest BCUT2D eigenvalue weighted by Crippen LogP contribution is 2.29. The van der Waals surface area contributed by atoms with E-state index >= 15 is 0 Å². The van der Waals surface area contributed by atoms with Crippen molar-refractivity contribution in [2.24, 2.45) is 0 Å². The van der Waals surface area contributed by atoms with Crippen LogP contribution in [0.15, 0.2) is 53.7 Å². The fraction of sp³-hybridized carbons (Fsp3) is 0.348. The molecule has 1 unspecified atom stereocenters. The van der Waals surface area contributed by atoms with E-state index in [1.54, 1.807) is 17.0 Å². The second kappa shape index (κ2) is 9.87. The summed E-state index contributed by atoms with van der Waals surface area (Å²) in [4.78, 5) is 14.7. The first-order valence-electron chi connectivity index (χ1n) is 10.7. The van der Waals surface area contributed by atoms with E-state index in [1.165, 1.54) is 11.8 Å². The fourth-order valence-corrected chi connectivity index (χ4v) is 6.71. The second-order valence-electron chi connectivity index (χ2n) is 8.01. The summed E-state index contributed by atoms with van der Waals surface area (Å²) >= 11 is 7.35. The number of halogens is 1. The van der Waals surface area contributed by atoms with Gasteiger partial charge in [0.1, 0.15) is 0 Å². The number of nitrogens with zero attached hydrogens (tertiary/aromatic N) is 4. The summed E-state index contributed by atoms with van der Waals surface area (Å²) in [6.07, 6.45) is 0.493. The van der Waals surface area contributed by atoms with Crippen molar-refractivity contribution in [1.82, 2.24) is 19.7 Å². The number of carbonyl (C=O) groups is 1. The largest absolute Gasteiger partial charge is 0.338 e. The summed E-state index contributed by atoms with van der Waals surface area (Å²) in [5, 5.41) is 10.0. The molecule has 0 saturated carbocycles. The van der Waals surface area contributed by atoms with Crippen LogP contribution in [0, 0.1) is 6.92 Å². The number of thioether (sulfide) groups is 1. The van der Waals surface area contributed by atoms with Crippen LogP contribution >= 0.6 is 23.4 Å². The minimum absolute atomic E-state index is 0.0391. The zero-order valence-corrected chi connectivity index (χ0v) is 20.8. The van der Waals surface area contributed by atoms with Crippen molar-refractivity contribution in [3.8, 4) is 17.1 Å². The lowest BCUT2D eigenvalue weighted by atomic mass is 10.2. The van der Waals surface area contributed by atoms with Gasteiger partial charge in [0.15, 0.2) is 20.8 Å². The summed E-state index contributed by atoms with van der Waals surface area (Å²) < 4.78 is 25.7. The Bertz CT molecular complexity index is 1260. The first kappa shape index (κ1) is 23.8. The Labute approximate surface area is 203 Å². The third-order valence-electron chi connectivity index (χ3n) is 5.63. The Morgan fingerprint density at radius 2 is 1.97 bits per heavy atom. The molecule has 4 rings (SSSR count). The molecule has 2 heterocycles. The van der Waals surface area contributed by atoms with Crippen molar-refractivity contribution in [3.05, 3.63) is 59.1 Å². The van der Waals surface area contributed by atoms with Gasteiger partial charge in [0, 0.05) is 28.9 Å². The number of benzene rings is 2. The predicted molar refractivity (Wildman–Crippen MR) is 132 cm³/mol. The molecule has 3 aromatic rings. The van der Waals surface area contributed by atoms with E-state index in [0.717, 1.165) is 16.8 Å². The van der Waals surface area contributed by atoms with Gasteiger partial charge in [-0.25, -0.2) is 8.42 Å². The molecule has 0 spiro atoms. The molecule has 1 amide bonds. The van der Waals surface area contributed by atoms with Crippen molar-refractivity contribution in [2.75, 3.05) is 23.8 Å². The summed E-state index contributed by atoms with van der Waals surface area (Å²) in [5.41, 5.74) is 2.85. The number of rotatable bonds is 7. The molecule has 0 radical (unpaired) electrons. The summed E-state index contributed by atoms with van der Waals surface area (Å²) in [6.45, 7) is 4.36. The molecule has 0 bridgehead atoms. The standard InChI is InChI=1S/C23H25ClN4O3S2/c1-3-27(20-11-12-33(30,31)15-20)21(29)14-32-23-26-25-22(17-7-9-18(24)10-8-17)28(23)19-6-4-5-16(2)13-19/h4-10,13,20H,3,11-12,14-15H2,1-2H3. The minimum atomic E-state index is -3.06. The fourth-order valence-electron chi connectivity index (χ4n) is 4.02. The van der Waals surface area contributed by atoms with E-state index in [0.29, 0.717) is 29.0 Å². The Kier molecular flexibility index (Phi) is 7.11. The molecule has 0 N–H and O–H groups in total. The topological polar surface area (TPSA) is 85.2 Å². The zero-order chi connectivity index (χ0) is 23.6. The number of sulfone groups is 1. The van der Waals surface area contributed by atoms with Gasteiger partial charge in [0.2, 0.25) is 5.91 Å². The van der Waals surface area contributed by atoms with Gasteiger partial charge in [0.25, 0.3) is 0 Å². The maximum Gasteiger partial charge on any atom is 0.233 e. The third-order valence-corrected chi connectivity index (χ3v) is 8.55. The van der Waals surface area contributed by atoms with Crippen LogP contribution in [0.5, 0.6) is 0 Å². The van der Waals surface area contributed by atoms with Gasteiger partial charge in [-0.15, -0.1) is 10.2 Å². The summed E-state index contributed by atoms with van der Waals surface area (Å²) in [6, 6.07) is 15.1. The quantitative estimate of drug-likeness (QED) is 0.452. The van der Waals surface area contributed by atoms with Gasteiger partial charge in [-0.1, -0.05) is 35.5 Å². The Morgan fingerprint density at radius 1 is 1.21 bits per heavy atom. The van der Waals surface area contributed by atoms with Crippen LogP contribution in [0.2, 0.25) is 5.02 Å². The number of amides is 1. The van der Waals surface area contributed by atoms with E-state index < -0.39 is 9.84 Å². The van der Waals surface area contributed by atoms with Gasteiger partial charge in [0.05, 0.1) is 17.3 Å². The molecule has 33 heavy (non-hydrogen) atoms. The molecular formula is C23H25ClN4O3S2. The van der Waals surface area contributed by atoms with Crippen LogP contribution in [-0.2, 0) is 14.6 Å². The lowest BCUT2D eigenvalue weighted by Gasteiger charge is -2.26. The lowest BCUT2D eigenvalue weighted by Crippen LogP contribution is -2.42. The molecule has 174 valence electrons. The van der Waals surface area contributed by atoms with Gasteiger partial charge < -0.3 is 4.90 Å². The van der Waals surface area contributed by atoms with Crippen molar-refractivity contribution >= 4 is 39.1 Å². The molecule has 1 atom stereocenters. The highest BCUT2D eigenvalue weighted by atomic mass is 35.5. The monoisotopic (exact) mass is 504 g/mol. The van der Waals surface area contributed by atoms with E-state index in [2.05, 4.69) is 10.2 Å². The molecule has 7 nitrogen and oxygen atoms in total. The van der Waals surface area contributed by atoms with Gasteiger partial charge in [-0.3, -0.25) is 9.36 Å². The van der Waals surface area contributed by atoms with Crippen molar-refractivity contribution < 1.29 is 13.2 Å². The average molecular weight is 505 g/mol. The van der Waals surface area contributed by atoms with E-state index in [1.807, 2.05) is 54.8 Å². The molecule has 2 aromatic carbocycles. The minimum Gasteiger partial charge on any atom is -0.338 e. The first-order valence-corrected chi connectivity index (χ1v) is 13.9. The van der Waals surface area contributed by atoms with Gasteiger partial charge in [-0.2, -0.15) is 0 Å². The van der Waals surface area contributed by atoms with Crippen LogP contribution < -0.4 is 0 Å². The lowest BCUT2D eigenvalue weighted by molar-refractivity contribution is -0.129. The van der Waals surface area contributed by atoms with Crippen molar-refractivity contribution in [3.63, 3.8) is 0 Å². The van der Waals surface area contributed by atoms with Gasteiger partial charge >= 0.3 is 0 Å². The van der Waals surface area contributed by atoms with E-state index in [4.69, 9.17) is 11.6 Å². The molecule has 1 saturated heterocycles. The van der Waals surface area contributed by atoms with Crippen molar-refractivity contribution in [2.45, 2.75) is 31.5 Å². The number of hydrogen-bond acceptors (Lipinski definition) is 6. The van der Waals surface area contributed by atoms with Crippen LogP contribution in [-0.4, -0.2) is 63.8 Å². The first-order chi connectivity index (χ1) is 15.8. The maximum absolute atomic E-state index is 13.0. The number of hydrogen-bond donors (Lipinski definition) is 0. The van der Waals surface area contributed by atoms with Crippen LogP contribution in [0.25, 0.3) is 17.1 Å². The molecule has 1 fully saturated rings. The van der Waals surface area contributed by atoms with Crippen molar-refractivity contribution in [1.29, 1.82) is 0 Å². The summed E-state index contributed by atoms with van der Waals surface area (Å²) in [5.74, 6) is 0.880. The third kappa shape index (κ3) is 5.42. The SMILES string of the molecule is CCN(C(=O)CSc1nnc(-c2ccc(Cl)cc2)n1-c1cccc(C)c1)C1CCS(=O)(=O)C1. The average Bonchev–Trinajstić information content (AvgIpc) is 3.36. The highest BCUT2D eigenvalue weighted by Gasteiger charge is 2.34. The normalized spacial score (nSPS) is 17.2. The zero-order valence-electron chi connectivity index (χ0n) is 18.4. The molecule has 1 aliphatic heterocycles. The molecule has 0 aliphatic carbocycles. The highest BCUT2D eigenvalue weighted by molar-refractivity contribution is 7.99. The van der Waals surface area contributed by atoms with Crippen LogP contribution in [0.3, 0.4) is 0 Å². The second-order valence-corrected chi connectivity index (χ2v) is 11.6. The molecular weight excluding hydrogens is 480 g/mol. The summed E-state index contributed by atoms with van der Waals surface area (Å²) in [7, 11) is -3.06.